The lowest BCUT2D eigenvalue weighted by atomic mass is 9.74. The summed E-state index contributed by atoms with van der Waals surface area (Å²) in [5, 5.41) is 3.08. The van der Waals surface area contributed by atoms with E-state index < -0.39 is 0 Å². The fraction of sp³-hybridized carbons (Fsp3) is 0.611. The Hall–Kier alpha value is -1.66. The van der Waals surface area contributed by atoms with Crippen LogP contribution in [-0.4, -0.2) is 56.5 Å². The zero-order valence-corrected chi connectivity index (χ0v) is 14.1. The van der Waals surface area contributed by atoms with Crippen molar-refractivity contribution in [1.29, 1.82) is 0 Å². The maximum Gasteiger partial charge on any atom is 0.317 e. The number of halogens is 1. The van der Waals surface area contributed by atoms with Crippen molar-refractivity contribution in [3.05, 3.63) is 35.6 Å². The molecule has 0 radical (unpaired) electrons. The highest BCUT2D eigenvalue weighted by molar-refractivity contribution is 5.74. The Labute approximate surface area is 142 Å². The number of benzene rings is 1. The number of urea groups is 1. The number of nitrogens with one attached hydrogen (secondary N) is 1. The minimum Gasteiger partial charge on any atom is -0.381 e. The first-order valence-electron chi connectivity index (χ1n) is 8.57. The zero-order chi connectivity index (χ0) is 17.0. The average molecular weight is 336 g/mol. The monoisotopic (exact) mass is 336 g/mol. The molecular formula is C18H25FN2O3. The van der Waals surface area contributed by atoms with E-state index in [1.165, 1.54) is 12.1 Å². The van der Waals surface area contributed by atoms with Crippen molar-refractivity contribution in [2.24, 2.45) is 0 Å². The fourth-order valence-corrected chi connectivity index (χ4v) is 3.49. The van der Waals surface area contributed by atoms with Crippen molar-refractivity contribution in [3.63, 3.8) is 0 Å². The van der Waals surface area contributed by atoms with E-state index in [9.17, 15) is 9.18 Å². The van der Waals surface area contributed by atoms with E-state index in [2.05, 4.69) is 5.32 Å². The molecule has 2 fully saturated rings. The van der Waals surface area contributed by atoms with Crippen LogP contribution in [0.4, 0.5) is 9.18 Å². The number of nitrogens with zero attached hydrogens (tertiary/aromatic N) is 1. The lowest BCUT2D eigenvalue weighted by Crippen LogP contribution is -2.52. The number of morpholine rings is 1. The molecule has 3 rings (SSSR count). The normalized spacial score (nSPS) is 23.8. The van der Waals surface area contributed by atoms with E-state index >= 15 is 0 Å². The molecule has 2 amide bonds. The van der Waals surface area contributed by atoms with Gasteiger partial charge in [0.1, 0.15) is 5.82 Å². The molecule has 0 saturated carbocycles. The molecule has 2 heterocycles. The maximum absolute atomic E-state index is 13.3. The summed E-state index contributed by atoms with van der Waals surface area (Å²) in [5.41, 5.74) is 0.863. The molecule has 2 saturated heterocycles. The van der Waals surface area contributed by atoms with Gasteiger partial charge in [-0.25, -0.2) is 9.18 Å². The Morgan fingerprint density at radius 2 is 2.00 bits per heavy atom. The van der Waals surface area contributed by atoms with Gasteiger partial charge >= 0.3 is 6.03 Å². The first-order chi connectivity index (χ1) is 11.6. The van der Waals surface area contributed by atoms with Crippen LogP contribution in [0.1, 0.15) is 25.3 Å². The van der Waals surface area contributed by atoms with Crippen LogP contribution >= 0.6 is 0 Å². The molecule has 24 heavy (non-hydrogen) atoms. The quantitative estimate of drug-likeness (QED) is 0.921. The molecule has 1 aromatic rings. The van der Waals surface area contributed by atoms with Crippen molar-refractivity contribution in [3.8, 4) is 0 Å². The summed E-state index contributed by atoms with van der Waals surface area (Å²) in [6, 6.07) is 6.56. The Bertz CT molecular complexity index is 558. The summed E-state index contributed by atoms with van der Waals surface area (Å²) < 4.78 is 24.2. The lowest BCUT2D eigenvalue weighted by Gasteiger charge is -2.39. The summed E-state index contributed by atoms with van der Waals surface area (Å²) >= 11 is 0. The lowest BCUT2D eigenvalue weighted by molar-refractivity contribution is -0.00419. The third-order valence-electron chi connectivity index (χ3n) is 5.01. The van der Waals surface area contributed by atoms with Crippen LogP contribution < -0.4 is 5.32 Å². The van der Waals surface area contributed by atoms with Gasteiger partial charge in [0.15, 0.2) is 0 Å². The van der Waals surface area contributed by atoms with Crippen LogP contribution in [0.3, 0.4) is 0 Å². The summed E-state index contributed by atoms with van der Waals surface area (Å²) in [6.07, 6.45) is 1.70. The van der Waals surface area contributed by atoms with Gasteiger partial charge in [-0.3, -0.25) is 0 Å². The summed E-state index contributed by atoms with van der Waals surface area (Å²) in [7, 11) is 0. The van der Waals surface area contributed by atoms with E-state index in [4.69, 9.17) is 9.47 Å². The van der Waals surface area contributed by atoms with Crippen LogP contribution in [0.2, 0.25) is 0 Å². The van der Waals surface area contributed by atoms with Crippen molar-refractivity contribution >= 4 is 6.03 Å². The van der Waals surface area contributed by atoms with E-state index in [-0.39, 0.29) is 23.4 Å². The van der Waals surface area contributed by atoms with Crippen LogP contribution in [0, 0.1) is 5.82 Å². The fourth-order valence-electron chi connectivity index (χ4n) is 3.49. The van der Waals surface area contributed by atoms with Crippen LogP contribution in [0.5, 0.6) is 0 Å². The zero-order valence-electron chi connectivity index (χ0n) is 14.1. The minimum atomic E-state index is -0.243. The predicted molar refractivity (Wildman–Crippen MR) is 88.5 cm³/mol. The molecule has 1 N–H and O–H groups in total. The molecule has 1 atom stereocenters. The van der Waals surface area contributed by atoms with Crippen LogP contribution in [0.15, 0.2) is 24.3 Å². The smallest absolute Gasteiger partial charge is 0.317 e. The summed E-state index contributed by atoms with van der Waals surface area (Å²) in [4.78, 5) is 14.3. The summed E-state index contributed by atoms with van der Waals surface area (Å²) in [6.45, 7) is 5.61. The average Bonchev–Trinajstić information content (AvgIpc) is 2.61. The van der Waals surface area contributed by atoms with Gasteiger partial charge in [0.2, 0.25) is 0 Å². The van der Waals surface area contributed by atoms with Gasteiger partial charge in [-0.15, -0.1) is 0 Å². The molecule has 1 aromatic carbocycles. The molecule has 0 aromatic heterocycles. The van der Waals surface area contributed by atoms with Gasteiger partial charge in [0.05, 0.1) is 12.7 Å². The van der Waals surface area contributed by atoms with Gasteiger partial charge in [0.25, 0.3) is 0 Å². The minimum absolute atomic E-state index is 0.0573. The van der Waals surface area contributed by atoms with E-state index in [1.807, 2.05) is 19.1 Å². The van der Waals surface area contributed by atoms with Gasteiger partial charge in [-0.2, -0.15) is 0 Å². The molecule has 0 spiro atoms. The second-order valence-corrected chi connectivity index (χ2v) is 6.69. The first kappa shape index (κ1) is 17.2. The van der Waals surface area contributed by atoms with E-state index in [0.717, 1.165) is 18.4 Å². The second kappa shape index (κ2) is 7.49. The molecule has 0 unspecified atom stereocenters. The number of rotatable bonds is 3. The van der Waals surface area contributed by atoms with Gasteiger partial charge in [0, 0.05) is 38.3 Å². The molecule has 6 heteroatoms. The topological polar surface area (TPSA) is 50.8 Å². The van der Waals surface area contributed by atoms with Crippen molar-refractivity contribution in [1.82, 2.24) is 10.2 Å². The number of carbonyl (C=O) groups is 1. The number of carbonyl (C=O) groups excluding carboxylic acids is 1. The molecule has 0 aliphatic carbocycles. The summed E-state index contributed by atoms with van der Waals surface area (Å²) in [5.74, 6) is -0.243. The Morgan fingerprint density at radius 3 is 2.67 bits per heavy atom. The molecule has 5 nitrogen and oxygen atoms in total. The molecule has 0 bridgehead atoms. The number of hydrogen-bond donors (Lipinski definition) is 1. The van der Waals surface area contributed by atoms with Crippen LogP contribution in [-0.2, 0) is 14.9 Å². The van der Waals surface area contributed by atoms with Gasteiger partial charge in [-0.1, -0.05) is 12.1 Å². The molecule has 132 valence electrons. The highest BCUT2D eigenvalue weighted by Gasteiger charge is 2.35. The number of amides is 2. The first-order valence-corrected chi connectivity index (χ1v) is 8.57. The second-order valence-electron chi connectivity index (χ2n) is 6.69. The van der Waals surface area contributed by atoms with Gasteiger partial charge < -0.3 is 19.7 Å². The predicted octanol–water partition coefficient (Wildman–Crippen LogP) is 2.30. The third-order valence-corrected chi connectivity index (χ3v) is 5.01. The Morgan fingerprint density at radius 1 is 1.29 bits per heavy atom. The Kier molecular flexibility index (Phi) is 5.36. The largest absolute Gasteiger partial charge is 0.381 e. The van der Waals surface area contributed by atoms with Crippen molar-refractivity contribution < 1.29 is 18.7 Å². The van der Waals surface area contributed by atoms with E-state index in [1.54, 1.807) is 4.90 Å². The maximum atomic E-state index is 13.3. The number of ether oxygens (including phenoxy) is 2. The third kappa shape index (κ3) is 3.87. The molecule has 2 aliphatic rings. The van der Waals surface area contributed by atoms with Crippen molar-refractivity contribution in [2.75, 3.05) is 39.5 Å². The molecular weight excluding hydrogens is 311 g/mol. The number of hydrogen-bond acceptors (Lipinski definition) is 3. The standard InChI is InChI=1S/C18H25FN2O3/c1-14-12-21(8-11-24-14)17(22)20-13-18(6-9-23-10-7-18)15-2-4-16(19)5-3-15/h2-5,14H,6-13H2,1H3,(H,20,22)/t14-/m0/s1. The Balaban J connectivity index is 1.68. The molecule has 2 aliphatic heterocycles. The highest BCUT2D eigenvalue weighted by Crippen LogP contribution is 2.34. The van der Waals surface area contributed by atoms with Crippen molar-refractivity contribution in [2.45, 2.75) is 31.3 Å². The van der Waals surface area contributed by atoms with Crippen LogP contribution in [0.25, 0.3) is 0 Å². The van der Waals surface area contributed by atoms with E-state index in [0.29, 0.717) is 39.5 Å². The van der Waals surface area contributed by atoms with Gasteiger partial charge in [-0.05, 0) is 37.5 Å². The SMILES string of the molecule is C[C@H]1CN(C(=O)NCC2(c3ccc(F)cc3)CCOCC2)CCO1. The highest BCUT2D eigenvalue weighted by atomic mass is 19.1.